The van der Waals surface area contributed by atoms with E-state index >= 15 is 0 Å². The molecule has 0 unspecified atom stereocenters. The molecule has 2 aromatic carbocycles. The topological polar surface area (TPSA) is 89.0 Å². The number of hydrazone groups is 1. The highest BCUT2D eigenvalue weighted by molar-refractivity contribution is 6.39. The summed E-state index contributed by atoms with van der Waals surface area (Å²) in [7, 11) is 2.95. The molecule has 29 heavy (non-hydrogen) atoms. The van der Waals surface area contributed by atoms with Gasteiger partial charge in [0.25, 0.3) is 0 Å². The number of ether oxygens (including phenoxy) is 2. The molecule has 2 N–H and O–H groups in total. The van der Waals surface area contributed by atoms with Crippen molar-refractivity contribution in [2.24, 2.45) is 5.10 Å². The molecular weight excluding hydrogens is 391 g/mol. The number of nitrogens with zero attached hydrogens (tertiary/aromatic N) is 1. The number of methoxy groups -OCH3 is 2. The predicted molar refractivity (Wildman–Crippen MR) is 100.0 cm³/mol. The van der Waals surface area contributed by atoms with Crippen molar-refractivity contribution in [2.45, 2.75) is 13.1 Å². The lowest BCUT2D eigenvalue weighted by atomic mass is 10.1. The van der Waals surface area contributed by atoms with Gasteiger partial charge in [0.05, 0.1) is 25.5 Å². The Bertz CT molecular complexity index is 943. The van der Waals surface area contributed by atoms with Gasteiger partial charge in [-0.05, 0) is 37.3 Å². The SMILES string of the molecule is COc1ccc(/C(C)=N/NC(=O)C(=O)Nc2cccc(C(F)(F)F)c2)c(OC)c1. The maximum Gasteiger partial charge on any atom is 0.416 e. The fourth-order valence-corrected chi connectivity index (χ4v) is 2.30. The van der Waals surface area contributed by atoms with Crippen molar-refractivity contribution in [1.29, 1.82) is 0 Å². The van der Waals surface area contributed by atoms with Gasteiger partial charge in [-0.15, -0.1) is 0 Å². The third kappa shape index (κ3) is 5.71. The monoisotopic (exact) mass is 409 g/mol. The summed E-state index contributed by atoms with van der Waals surface area (Å²) in [5.74, 6) is -1.31. The number of amides is 2. The lowest BCUT2D eigenvalue weighted by molar-refractivity contribution is -0.137. The van der Waals surface area contributed by atoms with Crippen LogP contribution in [0, 0.1) is 0 Å². The number of carbonyl (C=O) groups excluding carboxylic acids is 2. The minimum absolute atomic E-state index is 0.169. The Kier molecular flexibility index (Phi) is 6.81. The number of halogens is 3. The normalized spacial score (nSPS) is 11.6. The standard InChI is InChI=1S/C19H18F3N3O4/c1-11(15-8-7-14(28-2)10-16(15)29-3)24-25-18(27)17(26)23-13-6-4-5-12(9-13)19(20,21)22/h4-10H,1-3H3,(H,23,26)(H,25,27)/b24-11+. The van der Waals surface area contributed by atoms with Crippen molar-refractivity contribution in [3.63, 3.8) is 0 Å². The Hall–Kier alpha value is -3.56. The lowest BCUT2D eigenvalue weighted by Crippen LogP contribution is -2.33. The van der Waals surface area contributed by atoms with Crippen molar-refractivity contribution < 1.29 is 32.2 Å². The zero-order chi connectivity index (χ0) is 21.6. The van der Waals surface area contributed by atoms with Crippen LogP contribution in [0.5, 0.6) is 11.5 Å². The maximum absolute atomic E-state index is 12.7. The molecule has 0 fully saturated rings. The summed E-state index contributed by atoms with van der Waals surface area (Å²) in [6.07, 6.45) is -4.57. The number of hydrogen-bond donors (Lipinski definition) is 2. The van der Waals surface area contributed by atoms with Gasteiger partial charge >= 0.3 is 18.0 Å². The Morgan fingerprint density at radius 2 is 1.72 bits per heavy atom. The molecule has 7 nitrogen and oxygen atoms in total. The number of nitrogens with one attached hydrogen (secondary N) is 2. The number of carbonyl (C=O) groups is 2. The molecule has 0 spiro atoms. The zero-order valence-corrected chi connectivity index (χ0v) is 15.8. The number of alkyl halides is 3. The molecule has 2 amide bonds. The van der Waals surface area contributed by atoms with Gasteiger partial charge in [0.15, 0.2) is 0 Å². The van der Waals surface area contributed by atoms with Crippen molar-refractivity contribution in [3.8, 4) is 11.5 Å². The van der Waals surface area contributed by atoms with Crippen molar-refractivity contribution in [1.82, 2.24) is 5.43 Å². The van der Waals surface area contributed by atoms with Crippen LogP contribution in [0.25, 0.3) is 0 Å². The van der Waals surface area contributed by atoms with Crippen LogP contribution >= 0.6 is 0 Å². The molecule has 10 heteroatoms. The molecule has 0 atom stereocenters. The predicted octanol–water partition coefficient (Wildman–Crippen LogP) is 3.20. The molecule has 2 aromatic rings. The highest BCUT2D eigenvalue weighted by atomic mass is 19.4. The molecule has 0 bridgehead atoms. The average Bonchev–Trinajstić information content (AvgIpc) is 2.70. The molecule has 0 aromatic heterocycles. The van der Waals surface area contributed by atoms with Crippen LogP contribution in [-0.2, 0) is 15.8 Å². The van der Waals surface area contributed by atoms with E-state index in [4.69, 9.17) is 9.47 Å². The summed E-state index contributed by atoms with van der Waals surface area (Å²) in [6.45, 7) is 1.58. The van der Waals surface area contributed by atoms with Crippen LogP contribution in [0.4, 0.5) is 18.9 Å². The van der Waals surface area contributed by atoms with E-state index in [9.17, 15) is 22.8 Å². The van der Waals surface area contributed by atoms with E-state index in [0.29, 0.717) is 22.8 Å². The Balaban J connectivity index is 2.07. The first kappa shape index (κ1) is 21.7. The van der Waals surface area contributed by atoms with Gasteiger partial charge in [-0.25, -0.2) is 5.43 Å². The number of rotatable bonds is 5. The molecule has 0 aliphatic rings. The average molecular weight is 409 g/mol. The van der Waals surface area contributed by atoms with Crippen LogP contribution in [0.2, 0.25) is 0 Å². The molecule has 0 saturated heterocycles. The second-order valence-electron chi connectivity index (χ2n) is 5.74. The molecule has 154 valence electrons. The number of hydrogen-bond acceptors (Lipinski definition) is 5. The third-order valence-electron chi connectivity index (χ3n) is 3.78. The largest absolute Gasteiger partial charge is 0.497 e. The summed E-state index contributed by atoms with van der Waals surface area (Å²) >= 11 is 0. The van der Waals surface area contributed by atoms with Gasteiger partial charge in [-0.2, -0.15) is 18.3 Å². The number of anilines is 1. The molecule has 0 aliphatic heterocycles. The van der Waals surface area contributed by atoms with Crippen LogP contribution < -0.4 is 20.2 Å². The fraction of sp³-hybridized carbons (Fsp3) is 0.211. The quantitative estimate of drug-likeness (QED) is 0.451. The summed E-state index contributed by atoms with van der Waals surface area (Å²) in [6, 6.07) is 8.88. The van der Waals surface area contributed by atoms with E-state index in [-0.39, 0.29) is 5.69 Å². The third-order valence-corrected chi connectivity index (χ3v) is 3.78. The van der Waals surface area contributed by atoms with Crippen molar-refractivity contribution in [2.75, 3.05) is 19.5 Å². The highest BCUT2D eigenvalue weighted by Gasteiger charge is 2.30. The highest BCUT2D eigenvalue weighted by Crippen LogP contribution is 2.30. The minimum atomic E-state index is -4.57. The lowest BCUT2D eigenvalue weighted by Gasteiger charge is -2.11. The second kappa shape index (κ2) is 9.09. The van der Waals surface area contributed by atoms with E-state index in [2.05, 4.69) is 15.8 Å². The maximum atomic E-state index is 12.7. The summed E-state index contributed by atoms with van der Waals surface area (Å²) in [5, 5.41) is 5.93. The molecule has 0 heterocycles. The van der Waals surface area contributed by atoms with E-state index in [1.165, 1.54) is 20.3 Å². The van der Waals surface area contributed by atoms with E-state index in [1.54, 1.807) is 25.1 Å². The van der Waals surface area contributed by atoms with E-state index in [0.717, 1.165) is 18.2 Å². The van der Waals surface area contributed by atoms with Gasteiger partial charge in [0.2, 0.25) is 0 Å². The molecule has 0 aliphatic carbocycles. The van der Waals surface area contributed by atoms with Gasteiger partial charge in [-0.3, -0.25) is 9.59 Å². The smallest absolute Gasteiger partial charge is 0.416 e. The Morgan fingerprint density at radius 3 is 2.34 bits per heavy atom. The number of benzene rings is 2. The van der Waals surface area contributed by atoms with Crippen LogP contribution in [0.3, 0.4) is 0 Å². The molecule has 0 saturated carbocycles. The second-order valence-corrected chi connectivity index (χ2v) is 5.74. The first-order valence-electron chi connectivity index (χ1n) is 8.21. The van der Waals surface area contributed by atoms with Crippen molar-refractivity contribution >= 4 is 23.2 Å². The van der Waals surface area contributed by atoms with Gasteiger partial charge in [-0.1, -0.05) is 6.07 Å². The van der Waals surface area contributed by atoms with Gasteiger partial charge < -0.3 is 14.8 Å². The fourth-order valence-electron chi connectivity index (χ4n) is 2.30. The Morgan fingerprint density at radius 1 is 1.00 bits per heavy atom. The molecule has 2 rings (SSSR count). The summed E-state index contributed by atoms with van der Waals surface area (Å²) < 4.78 is 48.5. The molecular formula is C19H18F3N3O4. The van der Waals surface area contributed by atoms with Crippen LogP contribution in [0.1, 0.15) is 18.1 Å². The van der Waals surface area contributed by atoms with Gasteiger partial charge in [0, 0.05) is 17.3 Å². The van der Waals surface area contributed by atoms with Crippen LogP contribution in [0.15, 0.2) is 47.6 Å². The van der Waals surface area contributed by atoms with Crippen molar-refractivity contribution in [3.05, 3.63) is 53.6 Å². The first-order chi connectivity index (χ1) is 13.7. The van der Waals surface area contributed by atoms with Gasteiger partial charge in [0.1, 0.15) is 11.5 Å². The zero-order valence-electron chi connectivity index (χ0n) is 15.8. The summed E-state index contributed by atoms with van der Waals surface area (Å²) in [4.78, 5) is 23.8. The summed E-state index contributed by atoms with van der Waals surface area (Å²) in [5.41, 5.74) is 1.82. The van der Waals surface area contributed by atoms with E-state index in [1.807, 2.05) is 0 Å². The first-order valence-corrected chi connectivity index (χ1v) is 8.21. The minimum Gasteiger partial charge on any atom is -0.497 e. The van der Waals surface area contributed by atoms with E-state index < -0.39 is 23.6 Å². The molecule has 0 radical (unpaired) electrons. The van der Waals surface area contributed by atoms with Crippen LogP contribution in [-0.4, -0.2) is 31.7 Å². The Labute approximate surface area is 164 Å².